The average Bonchev–Trinajstić information content (AvgIpc) is 1.53. The zero-order valence-corrected chi connectivity index (χ0v) is 10.8. The zero-order valence-electron chi connectivity index (χ0n) is 8.23. The Morgan fingerprint density at radius 2 is 1.33 bits per heavy atom. The summed E-state index contributed by atoms with van der Waals surface area (Å²) in [6, 6.07) is 0. The molecule has 0 fully saturated rings. The fourth-order valence-corrected chi connectivity index (χ4v) is 3.79. The van der Waals surface area contributed by atoms with Crippen molar-refractivity contribution in [3.05, 3.63) is 0 Å². The molecule has 0 atom stereocenters. The van der Waals surface area contributed by atoms with E-state index in [1.54, 1.807) is 0 Å². The monoisotopic (exact) mass is 263 g/mol. The summed E-state index contributed by atoms with van der Waals surface area (Å²) in [4.78, 5) is 11.3. The molecule has 0 aromatic carbocycles. The predicted molar refractivity (Wildman–Crippen MR) is 51.1 cm³/mol. The summed E-state index contributed by atoms with van der Waals surface area (Å²) in [5, 5.41) is 0. The van der Waals surface area contributed by atoms with Gasteiger partial charge < -0.3 is 6.15 Å². The molecule has 0 radical (unpaired) electrons. The van der Waals surface area contributed by atoms with Crippen molar-refractivity contribution in [3.8, 4) is 0 Å². The number of quaternary nitrogens is 1. The van der Waals surface area contributed by atoms with Crippen LogP contribution in [0.2, 0.25) is 0 Å². The summed E-state index contributed by atoms with van der Waals surface area (Å²) in [5.41, 5.74) is 0. The molecule has 6 heteroatoms. The fourth-order valence-electron chi connectivity index (χ4n) is 0.541. The molecule has 0 heterocycles. The van der Waals surface area contributed by atoms with E-state index >= 15 is 0 Å². The molecule has 4 N–H and O–H groups in total. The van der Waals surface area contributed by atoms with Crippen LogP contribution in [0, 0.1) is 0 Å². The van der Waals surface area contributed by atoms with Crippen molar-refractivity contribution < 1.29 is 13.9 Å². The van der Waals surface area contributed by atoms with Crippen molar-refractivity contribution in [2.75, 3.05) is 0 Å². The van der Waals surface area contributed by atoms with Crippen LogP contribution in [0.3, 0.4) is 0 Å². The smallest absolute Gasteiger partial charge is 0.369 e. The van der Waals surface area contributed by atoms with E-state index in [9.17, 15) is 4.89 Å². The molecule has 0 spiro atoms. The Hall–Kier alpha value is 0.789. The van der Waals surface area contributed by atoms with Gasteiger partial charge in [-0.1, -0.05) is 0 Å². The van der Waals surface area contributed by atoms with Gasteiger partial charge in [-0.15, -0.1) is 0 Å². The summed E-state index contributed by atoms with van der Waals surface area (Å²) in [6.07, 6.45) is -3.09. The Kier molecular flexibility index (Phi) is 7.98. The zero-order chi connectivity index (χ0) is 9.07. The van der Waals surface area contributed by atoms with E-state index in [1.165, 1.54) is 0 Å². The van der Waals surface area contributed by atoms with Crippen molar-refractivity contribution in [2.24, 2.45) is 0 Å². The molecule has 0 aromatic rings. The van der Waals surface area contributed by atoms with Crippen molar-refractivity contribution in [3.63, 3.8) is 0 Å². The number of hydrogen-bond acceptors (Lipinski definition) is 3. The second-order valence-electron chi connectivity index (χ2n) is 2.76. The second kappa shape index (κ2) is 6.27. The first-order chi connectivity index (χ1) is 4.83. The van der Waals surface area contributed by atoms with Gasteiger partial charge in [0.25, 0.3) is 0 Å². The number of hydrogen-bond donors (Lipinski definition) is 1. The third kappa shape index (κ3) is 8.88. The van der Waals surface area contributed by atoms with Crippen LogP contribution in [0.15, 0.2) is 0 Å². The molecule has 0 aromatic heterocycles. The third-order valence-corrected chi connectivity index (χ3v) is 3.12. The van der Waals surface area contributed by atoms with Crippen molar-refractivity contribution in [1.29, 1.82) is 0 Å². The van der Waals surface area contributed by atoms with Crippen molar-refractivity contribution in [2.45, 2.75) is 39.9 Å². The van der Waals surface area contributed by atoms with E-state index < -0.39 is 6.19 Å². The standard InChI is InChI=1S/C6H15O3PSe.H3N/c1-5(2)8-10(7,11)9-6(3)4;/h5-6H,1-4H3,(H,7,11);1H3. The number of rotatable bonds is 4. The molecule has 12 heavy (non-hydrogen) atoms. The minimum Gasteiger partial charge on any atom is -0.369 e. The van der Waals surface area contributed by atoms with Gasteiger partial charge >= 0.3 is 75.1 Å². The molecular formula is C6H18NO3PSe. The van der Waals surface area contributed by atoms with Gasteiger partial charge in [-0.3, -0.25) is 0 Å². The molecule has 76 valence electrons. The van der Waals surface area contributed by atoms with E-state index in [-0.39, 0.29) is 18.4 Å². The van der Waals surface area contributed by atoms with Gasteiger partial charge in [0.1, 0.15) is 0 Å². The summed E-state index contributed by atoms with van der Waals surface area (Å²) < 4.78 is 10.1. The summed E-state index contributed by atoms with van der Waals surface area (Å²) >= 11 is 2.43. The van der Waals surface area contributed by atoms with Gasteiger partial charge in [0.15, 0.2) is 0 Å². The maximum Gasteiger partial charge on any atom is -0.369 e. The maximum absolute atomic E-state index is 11.3. The molecule has 0 unspecified atom stereocenters. The van der Waals surface area contributed by atoms with Crippen LogP contribution in [0.5, 0.6) is 0 Å². The van der Waals surface area contributed by atoms with Crippen LogP contribution in [-0.4, -0.2) is 27.3 Å². The largest absolute Gasteiger partial charge is 0.369 e. The van der Waals surface area contributed by atoms with Gasteiger partial charge in [-0.25, -0.2) is 0 Å². The van der Waals surface area contributed by atoms with Crippen LogP contribution in [0.4, 0.5) is 0 Å². The minimum absolute atomic E-state index is 0. The molecule has 0 aliphatic carbocycles. The van der Waals surface area contributed by atoms with Crippen LogP contribution >= 0.6 is 6.19 Å². The Morgan fingerprint density at radius 1 is 1.08 bits per heavy atom. The van der Waals surface area contributed by atoms with Crippen LogP contribution in [-0.2, 0) is 9.05 Å². The average molecular weight is 262 g/mol. The fraction of sp³-hybridized carbons (Fsp3) is 1.00. The first-order valence-corrected chi connectivity index (χ1v) is 7.27. The van der Waals surface area contributed by atoms with Crippen LogP contribution < -0.4 is 11.0 Å². The molecule has 0 amide bonds. The summed E-state index contributed by atoms with van der Waals surface area (Å²) in [6.45, 7) is 7.25. The Labute approximate surface area is 81.7 Å². The van der Waals surface area contributed by atoms with Gasteiger partial charge in [0.05, 0.1) is 0 Å². The van der Waals surface area contributed by atoms with Gasteiger partial charge in [0.2, 0.25) is 0 Å². The van der Waals surface area contributed by atoms with E-state index in [2.05, 4.69) is 15.1 Å². The normalized spacial score (nSPS) is 11.9. The Balaban J connectivity index is 0. The van der Waals surface area contributed by atoms with E-state index in [4.69, 9.17) is 9.05 Å². The summed E-state index contributed by atoms with van der Waals surface area (Å²) in [7, 11) is 0. The Bertz CT molecular complexity index is 149. The molecule has 0 aliphatic heterocycles. The predicted octanol–water partition coefficient (Wildman–Crippen LogP) is 1.42. The van der Waals surface area contributed by atoms with Gasteiger partial charge in [-0.2, -0.15) is 0 Å². The van der Waals surface area contributed by atoms with Crippen LogP contribution in [0.25, 0.3) is 0 Å². The molecule has 0 saturated heterocycles. The quantitative estimate of drug-likeness (QED) is 0.614. The molecule has 0 aliphatic rings. The first-order valence-electron chi connectivity index (χ1n) is 3.51. The molecule has 0 rings (SSSR count). The molecule has 4 nitrogen and oxygen atoms in total. The first kappa shape index (κ1) is 15.3. The van der Waals surface area contributed by atoms with E-state index in [0.29, 0.717) is 0 Å². The maximum atomic E-state index is 11.3. The molecule has 0 bridgehead atoms. The topological polar surface area (TPSA) is 78.0 Å². The van der Waals surface area contributed by atoms with Crippen LogP contribution in [0.1, 0.15) is 27.7 Å². The second-order valence-corrected chi connectivity index (χ2v) is 6.89. The molecule has 0 saturated carbocycles. The van der Waals surface area contributed by atoms with E-state index in [0.717, 1.165) is 0 Å². The summed E-state index contributed by atoms with van der Waals surface area (Å²) in [5.74, 6) is 0. The Morgan fingerprint density at radius 3 is 1.50 bits per heavy atom. The van der Waals surface area contributed by atoms with Crippen molar-refractivity contribution in [1.82, 2.24) is 6.15 Å². The van der Waals surface area contributed by atoms with Gasteiger partial charge in [0, 0.05) is 0 Å². The van der Waals surface area contributed by atoms with Gasteiger partial charge in [-0.05, 0) is 0 Å². The van der Waals surface area contributed by atoms with Crippen molar-refractivity contribution >= 4 is 21.3 Å². The van der Waals surface area contributed by atoms with E-state index in [1.807, 2.05) is 27.7 Å². The SMILES string of the molecule is CC(C)OP([O-])(=[Se])OC(C)C.[NH4+]. The molecular weight excluding hydrogens is 244 g/mol. The third-order valence-electron chi connectivity index (χ3n) is 0.680. The minimum atomic E-state index is -2.93.